The van der Waals surface area contributed by atoms with Gasteiger partial charge in [0.2, 0.25) is 0 Å². The molecule has 1 rings (SSSR count). The summed E-state index contributed by atoms with van der Waals surface area (Å²) in [5, 5.41) is 0. The lowest BCUT2D eigenvalue weighted by atomic mass is 9.99. The van der Waals surface area contributed by atoms with Gasteiger partial charge in [0.1, 0.15) is 0 Å². The number of hydrogen-bond acceptors (Lipinski definition) is 2. The van der Waals surface area contributed by atoms with Crippen LogP contribution in [0.2, 0.25) is 0 Å². The summed E-state index contributed by atoms with van der Waals surface area (Å²) >= 11 is 2.36. The predicted octanol–water partition coefficient (Wildman–Crippen LogP) is 0.863. The van der Waals surface area contributed by atoms with E-state index in [0.29, 0.717) is 0 Å². The molecule has 9 heavy (non-hydrogen) atoms. The molecule has 2 unspecified atom stereocenters. The second kappa shape index (κ2) is 3.16. The fraction of sp³-hybridized carbons (Fsp3) is 1.00. The third-order valence-electron chi connectivity index (χ3n) is 2.03. The zero-order valence-electron chi connectivity index (χ0n) is 5.68. The van der Waals surface area contributed by atoms with Crippen molar-refractivity contribution in [3.8, 4) is 0 Å². The van der Waals surface area contributed by atoms with E-state index >= 15 is 0 Å². The molecule has 1 fully saturated rings. The molecule has 0 saturated carbocycles. The van der Waals surface area contributed by atoms with Crippen LogP contribution >= 0.6 is 22.9 Å². The van der Waals surface area contributed by atoms with Gasteiger partial charge in [0.15, 0.2) is 0 Å². The highest BCUT2D eigenvalue weighted by Gasteiger charge is 2.26. The Labute approximate surface area is 70.3 Å². The van der Waals surface area contributed by atoms with E-state index in [4.69, 9.17) is 5.73 Å². The zero-order chi connectivity index (χ0) is 6.85. The van der Waals surface area contributed by atoms with Crippen LogP contribution in [-0.2, 0) is 0 Å². The first-order valence-electron chi connectivity index (χ1n) is 3.35. The molecule has 1 heterocycles. The molecule has 0 spiro atoms. The SMILES string of the molecule is CC1CN(I)CC1CN. The van der Waals surface area contributed by atoms with Crippen molar-refractivity contribution in [1.82, 2.24) is 3.11 Å². The van der Waals surface area contributed by atoms with E-state index in [0.717, 1.165) is 18.4 Å². The summed E-state index contributed by atoms with van der Waals surface area (Å²) in [6.07, 6.45) is 0. The van der Waals surface area contributed by atoms with Crippen LogP contribution in [0.15, 0.2) is 0 Å². The van der Waals surface area contributed by atoms with E-state index in [-0.39, 0.29) is 0 Å². The van der Waals surface area contributed by atoms with E-state index in [1.165, 1.54) is 13.1 Å². The number of rotatable bonds is 1. The summed E-state index contributed by atoms with van der Waals surface area (Å²) in [6, 6.07) is 0. The Balaban J connectivity index is 2.38. The van der Waals surface area contributed by atoms with Gasteiger partial charge in [-0.05, 0) is 18.4 Å². The Bertz CT molecular complexity index is 97.1. The van der Waals surface area contributed by atoms with Gasteiger partial charge in [-0.1, -0.05) is 6.92 Å². The van der Waals surface area contributed by atoms with Gasteiger partial charge in [0, 0.05) is 36.0 Å². The maximum absolute atomic E-state index is 5.56. The van der Waals surface area contributed by atoms with Crippen molar-refractivity contribution in [2.75, 3.05) is 19.6 Å². The third-order valence-corrected chi connectivity index (χ3v) is 2.81. The van der Waals surface area contributed by atoms with Crippen LogP contribution in [0, 0.1) is 11.8 Å². The Morgan fingerprint density at radius 2 is 2.33 bits per heavy atom. The molecule has 0 aromatic carbocycles. The lowest BCUT2D eigenvalue weighted by Gasteiger charge is -2.08. The monoisotopic (exact) mass is 240 g/mol. The quantitative estimate of drug-likeness (QED) is 0.544. The van der Waals surface area contributed by atoms with Crippen molar-refractivity contribution >= 4 is 22.9 Å². The molecule has 3 heteroatoms. The molecule has 0 amide bonds. The van der Waals surface area contributed by atoms with Gasteiger partial charge in [-0.15, -0.1) is 0 Å². The third kappa shape index (κ3) is 1.78. The second-order valence-electron chi connectivity index (χ2n) is 2.80. The van der Waals surface area contributed by atoms with E-state index in [1.807, 2.05) is 0 Å². The lowest BCUT2D eigenvalue weighted by Crippen LogP contribution is -2.20. The van der Waals surface area contributed by atoms with Gasteiger partial charge in [-0.25, -0.2) is 3.11 Å². The van der Waals surface area contributed by atoms with E-state index in [1.54, 1.807) is 0 Å². The molecule has 0 aliphatic carbocycles. The number of halogens is 1. The van der Waals surface area contributed by atoms with Crippen molar-refractivity contribution in [3.63, 3.8) is 0 Å². The minimum Gasteiger partial charge on any atom is -0.330 e. The fourth-order valence-electron chi connectivity index (χ4n) is 1.28. The maximum Gasteiger partial charge on any atom is 0.0201 e. The predicted molar refractivity (Wildman–Crippen MR) is 47.3 cm³/mol. The van der Waals surface area contributed by atoms with Crippen LogP contribution in [0.1, 0.15) is 6.92 Å². The van der Waals surface area contributed by atoms with Crippen molar-refractivity contribution in [1.29, 1.82) is 0 Å². The summed E-state index contributed by atoms with van der Waals surface area (Å²) < 4.78 is 2.32. The highest BCUT2D eigenvalue weighted by molar-refractivity contribution is 14.1. The van der Waals surface area contributed by atoms with Crippen molar-refractivity contribution in [3.05, 3.63) is 0 Å². The highest BCUT2D eigenvalue weighted by atomic mass is 127. The van der Waals surface area contributed by atoms with Crippen LogP contribution in [-0.4, -0.2) is 22.7 Å². The summed E-state index contributed by atoms with van der Waals surface area (Å²) in [7, 11) is 0. The topological polar surface area (TPSA) is 29.3 Å². The van der Waals surface area contributed by atoms with E-state index in [2.05, 4.69) is 32.9 Å². The molecule has 54 valence electrons. The number of nitrogens with zero attached hydrogens (tertiary/aromatic N) is 1. The molecule has 1 aliphatic heterocycles. The molecule has 0 bridgehead atoms. The average molecular weight is 240 g/mol. The zero-order valence-corrected chi connectivity index (χ0v) is 7.84. The Morgan fingerprint density at radius 1 is 1.67 bits per heavy atom. The molecule has 1 saturated heterocycles. The van der Waals surface area contributed by atoms with Crippen LogP contribution in [0.4, 0.5) is 0 Å². The van der Waals surface area contributed by atoms with Crippen molar-refractivity contribution < 1.29 is 0 Å². The Hall–Kier alpha value is 0.650. The molecule has 0 radical (unpaired) electrons. The van der Waals surface area contributed by atoms with Gasteiger partial charge >= 0.3 is 0 Å². The molecule has 1 aliphatic rings. The van der Waals surface area contributed by atoms with Crippen LogP contribution in [0.25, 0.3) is 0 Å². The van der Waals surface area contributed by atoms with Gasteiger partial charge in [0.05, 0.1) is 0 Å². The Kier molecular flexibility index (Phi) is 2.73. The van der Waals surface area contributed by atoms with Crippen molar-refractivity contribution in [2.45, 2.75) is 6.92 Å². The molecule has 2 nitrogen and oxygen atoms in total. The first-order chi connectivity index (χ1) is 4.24. The standard InChI is InChI=1S/C6H13IN2/c1-5-3-9(7)4-6(5)2-8/h5-6H,2-4,8H2,1H3. The van der Waals surface area contributed by atoms with Crippen LogP contribution in [0.5, 0.6) is 0 Å². The first kappa shape index (κ1) is 7.75. The maximum atomic E-state index is 5.56. The normalized spacial score (nSPS) is 37.7. The van der Waals surface area contributed by atoms with Gasteiger partial charge in [-0.2, -0.15) is 0 Å². The summed E-state index contributed by atoms with van der Waals surface area (Å²) in [6.45, 7) is 5.51. The molecule has 0 aromatic rings. The van der Waals surface area contributed by atoms with E-state index in [9.17, 15) is 0 Å². The highest BCUT2D eigenvalue weighted by Crippen LogP contribution is 2.23. The molecular weight excluding hydrogens is 227 g/mol. The lowest BCUT2D eigenvalue weighted by molar-refractivity contribution is 0.463. The number of hydrogen-bond donors (Lipinski definition) is 1. The first-order valence-corrected chi connectivity index (χ1v) is 4.31. The second-order valence-corrected chi connectivity index (χ2v) is 4.17. The summed E-state index contributed by atoms with van der Waals surface area (Å²) in [5.74, 6) is 1.54. The van der Waals surface area contributed by atoms with Crippen LogP contribution < -0.4 is 5.73 Å². The summed E-state index contributed by atoms with van der Waals surface area (Å²) in [4.78, 5) is 0. The van der Waals surface area contributed by atoms with Crippen LogP contribution in [0.3, 0.4) is 0 Å². The van der Waals surface area contributed by atoms with Crippen molar-refractivity contribution in [2.24, 2.45) is 17.6 Å². The fourth-order valence-corrected chi connectivity index (χ4v) is 2.40. The van der Waals surface area contributed by atoms with Gasteiger partial charge < -0.3 is 5.73 Å². The molecule has 0 aromatic heterocycles. The minimum atomic E-state index is 0.738. The van der Waals surface area contributed by atoms with Gasteiger partial charge in [0.25, 0.3) is 0 Å². The Morgan fingerprint density at radius 3 is 2.56 bits per heavy atom. The molecule has 2 atom stereocenters. The summed E-state index contributed by atoms with van der Waals surface area (Å²) in [5.41, 5.74) is 5.56. The smallest absolute Gasteiger partial charge is 0.0201 e. The number of nitrogens with two attached hydrogens (primary N) is 1. The van der Waals surface area contributed by atoms with E-state index < -0.39 is 0 Å². The molecule has 2 N–H and O–H groups in total. The molecular formula is C6H13IN2. The average Bonchev–Trinajstić information content (AvgIpc) is 2.10. The minimum absolute atomic E-state index is 0.738. The van der Waals surface area contributed by atoms with Gasteiger partial charge in [-0.3, -0.25) is 0 Å². The largest absolute Gasteiger partial charge is 0.330 e.